The van der Waals surface area contributed by atoms with Crippen LogP contribution >= 0.6 is 0 Å². The van der Waals surface area contributed by atoms with Crippen molar-refractivity contribution in [2.45, 2.75) is 19.8 Å². The van der Waals surface area contributed by atoms with Crippen LogP contribution in [0.15, 0.2) is 41.3 Å². The lowest BCUT2D eigenvalue weighted by Crippen LogP contribution is -1.94. The summed E-state index contributed by atoms with van der Waals surface area (Å²) in [7, 11) is 2.02. The summed E-state index contributed by atoms with van der Waals surface area (Å²) in [4.78, 5) is 11.9. The summed E-state index contributed by atoms with van der Waals surface area (Å²) in [5, 5.41) is 5.27. The van der Waals surface area contributed by atoms with Gasteiger partial charge in [0.25, 0.3) is 0 Å². The molecule has 23 heavy (non-hydrogen) atoms. The molecule has 0 saturated heterocycles. The first-order valence-corrected chi connectivity index (χ1v) is 7.58. The number of H-pyrrole nitrogens is 1. The molecule has 0 aliphatic heterocycles. The van der Waals surface area contributed by atoms with Crippen LogP contribution in [0.25, 0.3) is 22.3 Å². The van der Waals surface area contributed by atoms with E-state index in [2.05, 4.69) is 36.8 Å². The Kier molecular flexibility index (Phi) is 3.22. The lowest BCUT2D eigenvalue weighted by atomic mass is 10.1. The van der Waals surface area contributed by atoms with E-state index in [0.29, 0.717) is 18.1 Å². The van der Waals surface area contributed by atoms with E-state index in [1.165, 1.54) is 0 Å². The molecule has 1 aromatic carbocycles. The molecule has 0 radical (unpaired) electrons. The van der Waals surface area contributed by atoms with Gasteiger partial charge in [-0.1, -0.05) is 23.4 Å². The second kappa shape index (κ2) is 5.39. The Labute approximate surface area is 133 Å². The van der Waals surface area contributed by atoms with Gasteiger partial charge in [-0.05, 0) is 13.0 Å². The van der Waals surface area contributed by atoms with Crippen molar-refractivity contribution >= 4 is 10.9 Å². The molecule has 4 aromatic rings. The Bertz CT molecular complexity index is 962. The van der Waals surface area contributed by atoms with E-state index < -0.39 is 0 Å². The van der Waals surface area contributed by atoms with Gasteiger partial charge in [0.1, 0.15) is 0 Å². The van der Waals surface area contributed by atoms with Gasteiger partial charge in [-0.15, -0.1) is 0 Å². The fraction of sp³-hybridized carbons (Fsp3) is 0.235. The third-order valence-corrected chi connectivity index (χ3v) is 4.12. The fourth-order valence-corrected chi connectivity index (χ4v) is 2.85. The molecule has 3 heterocycles. The van der Waals surface area contributed by atoms with Crippen molar-refractivity contribution in [1.82, 2.24) is 24.7 Å². The molecule has 4 rings (SSSR count). The third kappa shape index (κ3) is 2.42. The van der Waals surface area contributed by atoms with Gasteiger partial charge >= 0.3 is 0 Å². The second-order valence-corrected chi connectivity index (χ2v) is 5.66. The molecular weight excluding hydrogens is 290 g/mol. The normalized spacial score (nSPS) is 11.4. The Morgan fingerprint density at radius 2 is 2.09 bits per heavy atom. The minimum absolute atomic E-state index is 0.635. The van der Waals surface area contributed by atoms with Crippen molar-refractivity contribution in [1.29, 1.82) is 0 Å². The molecule has 6 nitrogen and oxygen atoms in total. The predicted molar refractivity (Wildman–Crippen MR) is 86.9 cm³/mol. The van der Waals surface area contributed by atoms with Gasteiger partial charge in [0.2, 0.25) is 11.7 Å². The molecule has 116 valence electrons. The number of aryl methyl sites for hydroxylation is 4. The van der Waals surface area contributed by atoms with E-state index >= 15 is 0 Å². The van der Waals surface area contributed by atoms with Crippen molar-refractivity contribution in [2.75, 3.05) is 0 Å². The average Bonchev–Trinajstić information content (AvgIpc) is 3.26. The minimum atomic E-state index is 0.635. The molecule has 1 N–H and O–H groups in total. The first-order valence-electron chi connectivity index (χ1n) is 7.58. The number of rotatable bonds is 4. The highest BCUT2D eigenvalue weighted by molar-refractivity contribution is 5.94. The molecule has 0 saturated carbocycles. The zero-order chi connectivity index (χ0) is 15.8. The standard InChI is InChI=1S/C17H17N5O/c1-11-14(19-10-18-11)7-8-16-20-17(21-23-16)13-9-22(2)15-6-4-3-5-12(13)15/h3-6,9-10H,7-8H2,1-2H3,(H,18,19). The molecule has 0 unspecified atom stereocenters. The molecular formula is C17H17N5O. The zero-order valence-corrected chi connectivity index (χ0v) is 13.1. The van der Waals surface area contributed by atoms with Crippen LogP contribution in [0.3, 0.4) is 0 Å². The number of para-hydroxylation sites is 1. The predicted octanol–water partition coefficient (Wildman–Crippen LogP) is 3.05. The van der Waals surface area contributed by atoms with Gasteiger partial charge in [-0.2, -0.15) is 4.98 Å². The molecule has 6 heteroatoms. The summed E-state index contributed by atoms with van der Waals surface area (Å²) in [5.41, 5.74) is 4.27. The van der Waals surface area contributed by atoms with Crippen LogP contribution in [0.4, 0.5) is 0 Å². The highest BCUT2D eigenvalue weighted by Crippen LogP contribution is 2.28. The number of hydrogen-bond acceptors (Lipinski definition) is 4. The quantitative estimate of drug-likeness (QED) is 0.629. The second-order valence-electron chi connectivity index (χ2n) is 5.66. The molecule has 0 amide bonds. The number of aromatic nitrogens is 5. The molecule has 3 aromatic heterocycles. The van der Waals surface area contributed by atoms with Gasteiger partial charge in [0.05, 0.1) is 12.0 Å². The van der Waals surface area contributed by atoms with E-state index in [4.69, 9.17) is 4.52 Å². The van der Waals surface area contributed by atoms with E-state index in [1.54, 1.807) is 6.33 Å². The van der Waals surface area contributed by atoms with Crippen LogP contribution in [-0.2, 0) is 19.9 Å². The van der Waals surface area contributed by atoms with Gasteiger partial charge in [-0.3, -0.25) is 0 Å². The number of hydrogen-bond donors (Lipinski definition) is 1. The average molecular weight is 307 g/mol. The van der Waals surface area contributed by atoms with Gasteiger partial charge in [0.15, 0.2) is 0 Å². The van der Waals surface area contributed by atoms with Crippen molar-refractivity contribution in [3.05, 3.63) is 54.1 Å². The first kappa shape index (κ1) is 13.8. The van der Waals surface area contributed by atoms with Crippen molar-refractivity contribution < 1.29 is 4.52 Å². The maximum atomic E-state index is 5.41. The van der Waals surface area contributed by atoms with E-state index in [9.17, 15) is 0 Å². The molecule has 0 aliphatic rings. The SMILES string of the molecule is Cc1[nH]cnc1CCc1nc(-c2cn(C)c3ccccc23)no1. The fourth-order valence-electron chi connectivity index (χ4n) is 2.85. The molecule has 0 fully saturated rings. The number of nitrogens with zero attached hydrogens (tertiary/aromatic N) is 4. The summed E-state index contributed by atoms with van der Waals surface area (Å²) in [6, 6.07) is 8.21. The van der Waals surface area contributed by atoms with Crippen LogP contribution in [0, 0.1) is 6.92 Å². The summed E-state index contributed by atoms with van der Waals surface area (Å²) in [6.45, 7) is 2.01. The Morgan fingerprint density at radius 3 is 2.91 bits per heavy atom. The van der Waals surface area contributed by atoms with Crippen LogP contribution in [0.1, 0.15) is 17.3 Å². The van der Waals surface area contributed by atoms with E-state index in [0.717, 1.165) is 34.3 Å². The molecule has 0 atom stereocenters. The number of nitrogens with one attached hydrogen (secondary N) is 1. The molecule has 0 spiro atoms. The summed E-state index contributed by atoms with van der Waals surface area (Å²) >= 11 is 0. The smallest absolute Gasteiger partial charge is 0.227 e. The highest BCUT2D eigenvalue weighted by Gasteiger charge is 2.14. The van der Waals surface area contributed by atoms with Gasteiger partial charge in [0, 0.05) is 48.2 Å². The van der Waals surface area contributed by atoms with E-state index in [-0.39, 0.29) is 0 Å². The summed E-state index contributed by atoms with van der Waals surface area (Å²) < 4.78 is 7.48. The van der Waals surface area contributed by atoms with Crippen molar-refractivity contribution in [3.8, 4) is 11.4 Å². The Balaban J connectivity index is 1.61. The van der Waals surface area contributed by atoms with Crippen LogP contribution < -0.4 is 0 Å². The Hall–Kier alpha value is -2.89. The van der Waals surface area contributed by atoms with Gasteiger partial charge in [-0.25, -0.2) is 4.98 Å². The number of imidazole rings is 1. The van der Waals surface area contributed by atoms with Crippen LogP contribution in [0.2, 0.25) is 0 Å². The zero-order valence-electron chi connectivity index (χ0n) is 13.1. The number of benzene rings is 1. The number of fused-ring (bicyclic) bond motifs is 1. The summed E-state index contributed by atoms with van der Waals surface area (Å²) in [6.07, 6.45) is 5.22. The van der Waals surface area contributed by atoms with Crippen molar-refractivity contribution in [2.24, 2.45) is 7.05 Å². The van der Waals surface area contributed by atoms with Crippen LogP contribution in [0.5, 0.6) is 0 Å². The topological polar surface area (TPSA) is 72.5 Å². The maximum absolute atomic E-state index is 5.41. The molecule has 0 bridgehead atoms. The van der Waals surface area contributed by atoms with Crippen LogP contribution in [-0.4, -0.2) is 24.7 Å². The van der Waals surface area contributed by atoms with E-state index in [1.807, 2.05) is 32.3 Å². The molecule has 0 aliphatic carbocycles. The Morgan fingerprint density at radius 1 is 1.22 bits per heavy atom. The first-order chi connectivity index (χ1) is 11.2. The van der Waals surface area contributed by atoms with Gasteiger partial charge < -0.3 is 14.1 Å². The third-order valence-electron chi connectivity index (χ3n) is 4.12. The summed E-state index contributed by atoms with van der Waals surface area (Å²) in [5.74, 6) is 1.27. The largest absolute Gasteiger partial charge is 0.350 e. The lowest BCUT2D eigenvalue weighted by Gasteiger charge is -1.94. The maximum Gasteiger partial charge on any atom is 0.227 e. The van der Waals surface area contributed by atoms with Crippen molar-refractivity contribution in [3.63, 3.8) is 0 Å². The highest BCUT2D eigenvalue weighted by atomic mass is 16.5. The monoisotopic (exact) mass is 307 g/mol. The number of aromatic amines is 1. The minimum Gasteiger partial charge on any atom is -0.350 e. The lowest BCUT2D eigenvalue weighted by molar-refractivity contribution is 0.378.